The number of hydrogen-bond acceptors (Lipinski definition) is 5. The van der Waals surface area contributed by atoms with Gasteiger partial charge in [0.05, 0.1) is 11.8 Å². The summed E-state index contributed by atoms with van der Waals surface area (Å²) in [6.07, 6.45) is 0.0658. The van der Waals surface area contributed by atoms with E-state index in [9.17, 15) is 14.7 Å². The van der Waals surface area contributed by atoms with Crippen molar-refractivity contribution in [2.24, 2.45) is 5.92 Å². The highest BCUT2D eigenvalue weighted by molar-refractivity contribution is 7.99. The summed E-state index contributed by atoms with van der Waals surface area (Å²) >= 11 is 1.61. The van der Waals surface area contributed by atoms with Gasteiger partial charge < -0.3 is 21.1 Å². The van der Waals surface area contributed by atoms with Crippen molar-refractivity contribution in [3.8, 4) is 0 Å². The van der Waals surface area contributed by atoms with E-state index in [0.717, 1.165) is 10.6 Å². The van der Waals surface area contributed by atoms with Crippen LogP contribution >= 0.6 is 11.8 Å². The van der Waals surface area contributed by atoms with Gasteiger partial charge in [-0.25, -0.2) is 0 Å². The third kappa shape index (κ3) is 3.43. The number of benzene rings is 1. The van der Waals surface area contributed by atoms with Crippen molar-refractivity contribution in [2.45, 2.75) is 17.4 Å². The third-order valence-corrected chi connectivity index (χ3v) is 5.01. The van der Waals surface area contributed by atoms with Crippen LogP contribution < -0.4 is 16.0 Å². The minimum atomic E-state index is -0.414. The summed E-state index contributed by atoms with van der Waals surface area (Å²) in [5, 5.41) is 18.5. The summed E-state index contributed by atoms with van der Waals surface area (Å²) in [5.41, 5.74) is 1.21. The van der Waals surface area contributed by atoms with Gasteiger partial charge in [0.2, 0.25) is 5.91 Å². The van der Waals surface area contributed by atoms with Gasteiger partial charge in [-0.15, -0.1) is 11.8 Å². The Hall–Kier alpha value is -1.57. The molecule has 0 radical (unpaired) electrons. The number of carbonyl (C=O) groups is 2. The van der Waals surface area contributed by atoms with Crippen molar-refractivity contribution in [1.82, 2.24) is 10.6 Å². The Morgan fingerprint density at radius 2 is 2.27 bits per heavy atom. The van der Waals surface area contributed by atoms with Crippen molar-refractivity contribution in [1.29, 1.82) is 0 Å². The molecule has 2 unspecified atom stereocenters. The monoisotopic (exact) mass is 321 g/mol. The Bertz CT molecular complexity index is 593. The molecule has 6 nitrogen and oxygen atoms in total. The lowest BCUT2D eigenvalue weighted by atomic mass is 10.1. The number of fused-ring (bicyclic) bond motifs is 1. The van der Waals surface area contributed by atoms with Crippen molar-refractivity contribution >= 4 is 29.3 Å². The van der Waals surface area contributed by atoms with Crippen LogP contribution in [0.3, 0.4) is 0 Å². The van der Waals surface area contributed by atoms with E-state index in [1.165, 1.54) is 0 Å². The standard InChI is InChI=1S/C15H19N3O3S/c19-12-8-16-6-10(12)7-17-15(21)9-1-2-13-11(5-9)18-14(20)3-4-22-13/h1-2,5,10,12,16,19H,3-4,6-8H2,(H,17,21)(H,18,20). The second-order valence-corrected chi connectivity index (χ2v) is 6.69. The van der Waals surface area contributed by atoms with Crippen LogP contribution in [0.5, 0.6) is 0 Å². The van der Waals surface area contributed by atoms with Crippen LogP contribution in [0.4, 0.5) is 5.69 Å². The molecule has 4 N–H and O–H groups in total. The minimum absolute atomic E-state index is 0.0241. The molecule has 22 heavy (non-hydrogen) atoms. The van der Waals surface area contributed by atoms with E-state index < -0.39 is 6.10 Å². The maximum atomic E-state index is 12.2. The number of β-amino-alcohol motifs (C(OH)–C–C–N with tert-alkyl or cyclic N) is 1. The highest BCUT2D eigenvalue weighted by Gasteiger charge is 2.25. The zero-order valence-corrected chi connectivity index (χ0v) is 12.9. The van der Waals surface area contributed by atoms with Gasteiger partial charge in [-0.3, -0.25) is 9.59 Å². The fraction of sp³-hybridized carbons (Fsp3) is 0.467. The fourth-order valence-electron chi connectivity index (χ4n) is 2.61. The van der Waals surface area contributed by atoms with Gasteiger partial charge in [-0.1, -0.05) is 0 Å². The molecule has 2 aliphatic heterocycles. The molecular formula is C15H19N3O3S. The Labute approximate surface area is 133 Å². The van der Waals surface area contributed by atoms with Crippen LogP contribution in [0, 0.1) is 5.92 Å². The van der Waals surface area contributed by atoms with Gasteiger partial charge in [-0.2, -0.15) is 0 Å². The average Bonchev–Trinajstić information content (AvgIpc) is 2.81. The maximum absolute atomic E-state index is 12.2. The Balaban J connectivity index is 1.66. The zero-order chi connectivity index (χ0) is 15.5. The molecule has 118 valence electrons. The Morgan fingerprint density at radius 3 is 3.05 bits per heavy atom. The Kier molecular flexibility index (Phi) is 4.66. The number of carbonyl (C=O) groups excluding carboxylic acids is 2. The second-order valence-electron chi connectivity index (χ2n) is 5.55. The summed E-state index contributed by atoms with van der Waals surface area (Å²) in [7, 11) is 0. The summed E-state index contributed by atoms with van der Waals surface area (Å²) < 4.78 is 0. The summed E-state index contributed by atoms with van der Waals surface area (Å²) in [6, 6.07) is 5.35. The number of anilines is 1. The first kappa shape index (κ1) is 15.3. The van der Waals surface area contributed by atoms with Gasteiger partial charge in [0, 0.05) is 48.2 Å². The van der Waals surface area contributed by atoms with E-state index in [-0.39, 0.29) is 17.7 Å². The first-order valence-electron chi connectivity index (χ1n) is 7.37. The molecule has 0 bridgehead atoms. The largest absolute Gasteiger partial charge is 0.391 e. The molecule has 1 saturated heterocycles. The first-order valence-corrected chi connectivity index (χ1v) is 8.36. The van der Waals surface area contributed by atoms with Crippen LogP contribution in [0.25, 0.3) is 0 Å². The fourth-order valence-corrected chi connectivity index (χ4v) is 3.55. The van der Waals surface area contributed by atoms with Crippen LogP contribution in [0.2, 0.25) is 0 Å². The zero-order valence-electron chi connectivity index (χ0n) is 12.1. The normalized spacial score (nSPS) is 24.3. The molecule has 7 heteroatoms. The molecular weight excluding hydrogens is 302 g/mol. The average molecular weight is 321 g/mol. The second kappa shape index (κ2) is 6.68. The predicted molar refractivity (Wildman–Crippen MR) is 85.1 cm³/mol. The lowest BCUT2D eigenvalue weighted by Crippen LogP contribution is -2.34. The highest BCUT2D eigenvalue weighted by atomic mass is 32.2. The van der Waals surface area contributed by atoms with Crippen molar-refractivity contribution in [2.75, 3.05) is 30.7 Å². The highest BCUT2D eigenvalue weighted by Crippen LogP contribution is 2.31. The van der Waals surface area contributed by atoms with Gasteiger partial charge in [0.15, 0.2) is 0 Å². The molecule has 2 aliphatic rings. The number of rotatable bonds is 3. The van der Waals surface area contributed by atoms with E-state index in [4.69, 9.17) is 0 Å². The van der Waals surface area contributed by atoms with Crippen molar-refractivity contribution < 1.29 is 14.7 Å². The van der Waals surface area contributed by atoms with Crippen LogP contribution in [-0.4, -0.2) is 48.4 Å². The molecule has 0 saturated carbocycles. The molecule has 1 fully saturated rings. The SMILES string of the molecule is O=C1CCSc2ccc(C(=O)NCC3CNCC3O)cc2N1. The van der Waals surface area contributed by atoms with Gasteiger partial charge in [0.25, 0.3) is 5.91 Å². The summed E-state index contributed by atoms with van der Waals surface area (Å²) in [4.78, 5) is 24.8. The molecule has 2 heterocycles. The quantitative estimate of drug-likeness (QED) is 0.648. The molecule has 0 aromatic heterocycles. The van der Waals surface area contributed by atoms with Gasteiger partial charge in [-0.05, 0) is 18.2 Å². The predicted octanol–water partition coefficient (Wildman–Crippen LogP) is 0.431. The lowest BCUT2D eigenvalue weighted by Gasteiger charge is -2.15. The van der Waals surface area contributed by atoms with E-state index in [1.807, 2.05) is 6.07 Å². The van der Waals surface area contributed by atoms with Crippen LogP contribution in [-0.2, 0) is 4.79 Å². The topological polar surface area (TPSA) is 90.5 Å². The molecule has 3 rings (SSSR count). The van der Waals surface area contributed by atoms with Gasteiger partial charge in [0.1, 0.15) is 0 Å². The molecule has 1 aromatic carbocycles. The smallest absolute Gasteiger partial charge is 0.251 e. The number of thioether (sulfide) groups is 1. The number of aliphatic hydroxyl groups is 1. The molecule has 0 spiro atoms. The summed E-state index contributed by atoms with van der Waals surface area (Å²) in [5.74, 6) is 0.575. The van der Waals surface area contributed by atoms with Crippen molar-refractivity contribution in [3.05, 3.63) is 23.8 Å². The number of aliphatic hydroxyl groups excluding tert-OH is 1. The first-order chi connectivity index (χ1) is 10.6. The summed E-state index contributed by atoms with van der Waals surface area (Å²) in [6.45, 7) is 1.71. The van der Waals surface area contributed by atoms with E-state index in [1.54, 1.807) is 23.9 Å². The van der Waals surface area contributed by atoms with Crippen LogP contribution in [0.15, 0.2) is 23.1 Å². The molecule has 1 aromatic rings. The molecule has 2 amide bonds. The molecule has 0 aliphatic carbocycles. The Morgan fingerprint density at radius 1 is 1.41 bits per heavy atom. The van der Waals surface area contributed by atoms with E-state index in [2.05, 4.69) is 16.0 Å². The van der Waals surface area contributed by atoms with Gasteiger partial charge >= 0.3 is 0 Å². The number of hydrogen-bond donors (Lipinski definition) is 4. The van der Waals surface area contributed by atoms with Crippen molar-refractivity contribution in [3.63, 3.8) is 0 Å². The third-order valence-electron chi connectivity index (χ3n) is 3.93. The minimum Gasteiger partial charge on any atom is -0.391 e. The van der Waals surface area contributed by atoms with Crippen LogP contribution in [0.1, 0.15) is 16.8 Å². The maximum Gasteiger partial charge on any atom is 0.251 e. The lowest BCUT2D eigenvalue weighted by molar-refractivity contribution is -0.115. The number of amides is 2. The van der Waals surface area contributed by atoms with E-state index in [0.29, 0.717) is 37.3 Å². The molecule has 2 atom stereocenters. The van der Waals surface area contributed by atoms with E-state index >= 15 is 0 Å². The number of nitrogens with one attached hydrogen (secondary N) is 3.